The summed E-state index contributed by atoms with van der Waals surface area (Å²) in [5.41, 5.74) is 3.64. The Bertz CT molecular complexity index is 1310. The summed E-state index contributed by atoms with van der Waals surface area (Å²) in [7, 11) is 3.59. The van der Waals surface area contributed by atoms with E-state index in [2.05, 4.69) is 22.0 Å². The maximum Gasteiger partial charge on any atom is 0.266 e. The maximum absolute atomic E-state index is 12.6. The lowest BCUT2D eigenvalue weighted by atomic mass is 10.1. The van der Waals surface area contributed by atoms with Crippen molar-refractivity contribution in [2.24, 2.45) is 7.05 Å². The van der Waals surface area contributed by atoms with Gasteiger partial charge in [-0.3, -0.25) is 4.79 Å². The molecule has 0 saturated carbocycles. The number of nitrogens with one attached hydrogen (secondary N) is 1. The van der Waals surface area contributed by atoms with Gasteiger partial charge in [0.25, 0.3) is 5.91 Å². The molecular weight excluding hydrogens is 362 g/mol. The van der Waals surface area contributed by atoms with Crippen LogP contribution >= 0.6 is 0 Å². The maximum atomic E-state index is 12.6. The molecule has 1 aromatic heterocycles. The van der Waals surface area contributed by atoms with E-state index in [4.69, 9.17) is 4.74 Å². The number of amides is 1. The number of hydrogen-bond acceptors (Lipinski definition) is 3. The molecule has 142 valence electrons. The number of benzene rings is 3. The second kappa shape index (κ2) is 7.53. The number of methoxy groups -OCH3 is 1. The lowest BCUT2D eigenvalue weighted by Crippen LogP contribution is -2.13. The van der Waals surface area contributed by atoms with Crippen molar-refractivity contribution in [3.05, 3.63) is 77.9 Å². The minimum absolute atomic E-state index is 0.0346. The molecule has 5 nitrogen and oxygen atoms in total. The average molecular weight is 381 g/mol. The molecule has 0 aliphatic rings. The second-order valence-electron chi connectivity index (χ2n) is 6.71. The number of ether oxygens (including phenoxy) is 1. The summed E-state index contributed by atoms with van der Waals surface area (Å²) in [4.78, 5) is 12.6. The largest absolute Gasteiger partial charge is 0.497 e. The number of fused-ring (bicyclic) bond motifs is 3. The second-order valence-corrected chi connectivity index (χ2v) is 6.71. The summed E-state index contributed by atoms with van der Waals surface area (Å²) in [6.07, 6.45) is 1.61. The molecule has 0 aliphatic carbocycles. The number of aryl methyl sites for hydroxylation is 1. The molecule has 1 heterocycles. The summed E-state index contributed by atoms with van der Waals surface area (Å²) in [5.74, 6) is 0.172. The Morgan fingerprint density at radius 1 is 1.03 bits per heavy atom. The fourth-order valence-electron chi connectivity index (χ4n) is 3.49. The quantitative estimate of drug-likeness (QED) is 0.404. The van der Waals surface area contributed by atoms with Gasteiger partial charge in [0, 0.05) is 40.6 Å². The highest BCUT2D eigenvalue weighted by Gasteiger charge is 2.12. The molecule has 3 aromatic carbocycles. The Hall–Kier alpha value is -4.04. The van der Waals surface area contributed by atoms with Crippen molar-refractivity contribution in [3.63, 3.8) is 0 Å². The van der Waals surface area contributed by atoms with Crippen LogP contribution in [0.3, 0.4) is 0 Å². The summed E-state index contributed by atoms with van der Waals surface area (Å²) < 4.78 is 7.30. The van der Waals surface area contributed by atoms with Crippen LogP contribution in [0.1, 0.15) is 5.56 Å². The van der Waals surface area contributed by atoms with E-state index in [1.54, 1.807) is 37.5 Å². The fraction of sp³-hybridized carbons (Fsp3) is 0.0833. The molecule has 1 amide bonds. The van der Waals surface area contributed by atoms with E-state index in [-0.39, 0.29) is 5.57 Å². The van der Waals surface area contributed by atoms with Gasteiger partial charge in [-0.2, -0.15) is 5.26 Å². The van der Waals surface area contributed by atoms with Crippen LogP contribution in [-0.2, 0) is 11.8 Å². The van der Waals surface area contributed by atoms with Gasteiger partial charge in [0.05, 0.1) is 7.11 Å². The minimum atomic E-state index is -0.459. The molecule has 5 heteroatoms. The number of nitriles is 1. The standard InChI is InChI=1S/C24H19N3O2/c1-27-22-9-4-3-8-20(22)21-13-16(10-11-23(21)27)12-17(15-25)24(28)26-18-6-5-7-19(14-18)29-2/h3-14H,1-2H3,(H,26,28). The first-order valence-electron chi connectivity index (χ1n) is 9.15. The molecule has 0 bridgehead atoms. The molecule has 0 spiro atoms. The first-order chi connectivity index (χ1) is 14.1. The Morgan fingerprint density at radius 3 is 2.62 bits per heavy atom. The normalized spacial score (nSPS) is 11.4. The highest BCUT2D eigenvalue weighted by atomic mass is 16.5. The van der Waals surface area contributed by atoms with Gasteiger partial charge in [-0.15, -0.1) is 0 Å². The third kappa shape index (κ3) is 3.44. The van der Waals surface area contributed by atoms with E-state index in [1.807, 2.05) is 43.4 Å². The van der Waals surface area contributed by atoms with Crippen molar-refractivity contribution < 1.29 is 9.53 Å². The number of nitrogens with zero attached hydrogens (tertiary/aromatic N) is 2. The van der Waals surface area contributed by atoms with Gasteiger partial charge in [-0.1, -0.05) is 30.3 Å². The Balaban J connectivity index is 1.69. The van der Waals surface area contributed by atoms with Crippen LogP contribution in [0.4, 0.5) is 5.69 Å². The monoisotopic (exact) mass is 381 g/mol. The van der Waals surface area contributed by atoms with E-state index in [0.29, 0.717) is 11.4 Å². The molecule has 4 rings (SSSR count). The lowest BCUT2D eigenvalue weighted by Gasteiger charge is -2.06. The molecule has 0 unspecified atom stereocenters. The summed E-state index contributed by atoms with van der Waals surface area (Å²) in [6, 6.07) is 23.1. The Morgan fingerprint density at radius 2 is 1.83 bits per heavy atom. The molecule has 29 heavy (non-hydrogen) atoms. The number of anilines is 1. The molecule has 0 saturated heterocycles. The van der Waals surface area contributed by atoms with E-state index < -0.39 is 5.91 Å². The minimum Gasteiger partial charge on any atom is -0.497 e. The topological polar surface area (TPSA) is 67.0 Å². The van der Waals surface area contributed by atoms with Crippen molar-refractivity contribution in [2.45, 2.75) is 0 Å². The Kier molecular flexibility index (Phi) is 4.76. The smallest absolute Gasteiger partial charge is 0.266 e. The zero-order valence-corrected chi connectivity index (χ0v) is 16.1. The molecule has 1 N–H and O–H groups in total. The van der Waals surface area contributed by atoms with Crippen LogP contribution in [0.25, 0.3) is 27.9 Å². The van der Waals surface area contributed by atoms with E-state index in [9.17, 15) is 10.1 Å². The van der Waals surface area contributed by atoms with Crippen LogP contribution in [-0.4, -0.2) is 17.6 Å². The van der Waals surface area contributed by atoms with Gasteiger partial charge < -0.3 is 14.6 Å². The van der Waals surface area contributed by atoms with Crippen LogP contribution in [0.5, 0.6) is 5.75 Å². The first kappa shape index (κ1) is 18.3. The number of hydrogen-bond donors (Lipinski definition) is 1. The number of carbonyl (C=O) groups is 1. The van der Waals surface area contributed by atoms with Crippen LogP contribution < -0.4 is 10.1 Å². The number of para-hydroxylation sites is 1. The van der Waals surface area contributed by atoms with Gasteiger partial charge in [-0.25, -0.2) is 0 Å². The number of aromatic nitrogens is 1. The molecule has 0 fully saturated rings. The summed E-state index contributed by atoms with van der Waals surface area (Å²) in [6.45, 7) is 0. The van der Waals surface area contributed by atoms with Gasteiger partial charge in [-0.05, 0) is 42.0 Å². The highest BCUT2D eigenvalue weighted by Crippen LogP contribution is 2.29. The first-order valence-corrected chi connectivity index (χ1v) is 9.15. The van der Waals surface area contributed by atoms with Crippen molar-refractivity contribution in [1.82, 2.24) is 4.57 Å². The van der Waals surface area contributed by atoms with Crippen LogP contribution in [0, 0.1) is 11.3 Å². The van der Waals surface area contributed by atoms with E-state index >= 15 is 0 Å². The SMILES string of the molecule is COc1cccc(NC(=O)C(C#N)=Cc2ccc3c(c2)c2ccccc2n3C)c1. The van der Waals surface area contributed by atoms with Gasteiger partial charge in [0.2, 0.25) is 0 Å². The lowest BCUT2D eigenvalue weighted by molar-refractivity contribution is -0.112. The van der Waals surface area contributed by atoms with Crippen molar-refractivity contribution in [3.8, 4) is 11.8 Å². The Labute approximate surface area is 168 Å². The number of rotatable bonds is 4. The highest BCUT2D eigenvalue weighted by molar-refractivity contribution is 6.11. The van der Waals surface area contributed by atoms with Gasteiger partial charge in [0.1, 0.15) is 17.4 Å². The van der Waals surface area contributed by atoms with Crippen molar-refractivity contribution in [1.29, 1.82) is 5.26 Å². The van der Waals surface area contributed by atoms with Crippen LogP contribution in [0.2, 0.25) is 0 Å². The van der Waals surface area contributed by atoms with E-state index in [1.165, 1.54) is 0 Å². The van der Waals surface area contributed by atoms with Gasteiger partial charge >= 0.3 is 0 Å². The zero-order chi connectivity index (χ0) is 20.4. The average Bonchev–Trinajstić information content (AvgIpc) is 3.04. The molecule has 4 aromatic rings. The summed E-state index contributed by atoms with van der Waals surface area (Å²) >= 11 is 0. The van der Waals surface area contributed by atoms with Crippen LogP contribution in [0.15, 0.2) is 72.3 Å². The molecular formula is C24H19N3O2. The van der Waals surface area contributed by atoms with Crippen molar-refractivity contribution >= 4 is 39.5 Å². The van der Waals surface area contributed by atoms with Gasteiger partial charge in [0.15, 0.2) is 0 Å². The number of carbonyl (C=O) groups excluding carboxylic acids is 1. The third-order valence-electron chi connectivity index (χ3n) is 4.94. The van der Waals surface area contributed by atoms with E-state index in [0.717, 1.165) is 27.4 Å². The zero-order valence-electron chi connectivity index (χ0n) is 16.1. The molecule has 0 atom stereocenters. The molecule has 0 aliphatic heterocycles. The predicted octanol–water partition coefficient (Wildman–Crippen LogP) is 4.89. The fourth-order valence-corrected chi connectivity index (χ4v) is 3.49. The summed E-state index contributed by atoms with van der Waals surface area (Å²) in [5, 5.41) is 14.5. The van der Waals surface area contributed by atoms with Crippen molar-refractivity contribution in [2.75, 3.05) is 12.4 Å². The third-order valence-corrected chi connectivity index (χ3v) is 4.94. The predicted molar refractivity (Wildman–Crippen MR) is 116 cm³/mol. The molecule has 0 radical (unpaired) electrons.